The molecule has 3 nitrogen and oxygen atoms in total. The van der Waals surface area contributed by atoms with Crippen LogP contribution in [0, 0.1) is 0 Å². The molecule has 98 valence electrons. The fraction of sp³-hybridized carbons (Fsp3) is 0.769. The number of rotatable bonds is 4. The molecule has 0 bridgehead atoms. The number of carbonyl (C=O) groups is 1. The zero-order chi connectivity index (χ0) is 13.3. The lowest BCUT2D eigenvalue weighted by Gasteiger charge is -2.17. The van der Waals surface area contributed by atoms with E-state index in [2.05, 4.69) is 25.3 Å². The summed E-state index contributed by atoms with van der Waals surface area (Å²) in [5, 5.41) is 0. The Labute approximate surface area is 105 Å². The van der Waals surface area contributed by atoms with Crippen molar-refractivity contribution in [1.29, 1.82) is 0 Å². The van der Waals surface area contributed by atoms with Gasteiger partial charge in [-0.15, -0.1) is 0 Å². The van der Waals surface area contributed by atoms with Crippen molar-refractivity contribution in [2.45, 2.75) is 58.7 Å². The topological polar surface area (TPSA) is 35.5 Å². The average Bonchev–Trinajstić information content (AvgIpc) is 2.42. The molecule has 1 heterocycles. The molecule has 0 aromatic heterocycles. The Morgan fingerprint density at radius 2 is 2.00 bits per heavy atom. The minimum absolute atomic E-state index is 0.0949. The first kappa shape index (κ1) is 14.6. The summed E-state index contributed by atoms with van der Waals surface area (Å²) in [5.41, 5.74) is 3.02. The lowest BCUT2D eigenvalue weighted by Crippen LogP contribution is -2.24. The standard InChI is InChI=1S/C13H24O3Si/c1-10(9-17(4,5)6)12(14)7-11-8-15-13(2,3)16-11/h9,11H,7-8H2,1-6H3/b10-9+/t11-/m1/s1. The smallest absolute Gasteiger partial charge is 0.163 e. The van der Waals surface area contributed by atoms with E-state index in [-0.39, 0.29) is 11.9 Å². The van der Waals surface area contributed by atoms with Gasteiger partial charge in [-0.25, -0.2) is 0 Å². The summed E-state index contributed by atoms with van der Waals surface area (Å²) in [4.78, 5) is 12.0. The third-order valence-corrected chi connectivity index (χ3v) is 3.87. The summed E-state index contributed by atoms with van der Waals surface area (Å²) < 4.78 is 11.1. The van der Waals surface area contributed by atoms with Crippen molar-refractivity contribution in [3.8, 4) is 0 Å². The van der Waals surface area contributed by atoms with Gasteiger partial charge in [0.15, 0.2) is 11.6 Å². The van der Waals surface area contributed by atoms with Gasteiger partial charge in [0, 0.05) is 6.42 Å². The summed E-state index contributed by atoms with van der Waals surface area (Å²) in [5.74, 6) is -0.361. The molecule has 1 saturated heterocycles. The first-order valence-electron chi connectivity index (χ1n) is 6.13. The van der Waals surface area contributed by atoms with Crippen molar-refractivity contribution in [3.63, 3.8) is 0 Å². The second-order valence-corrected chi connectivity index (χ2v) is 11.3. The van der Waals surface area contributed by atoms with E-state index in [1.165, 1.54) is 0 Å². The maximum atomic E-state index is 12.0. The minimum atomic E-state index is -1.32. The largest absolute Gasteiger partial charge is 0.348 e. The van der Waals surface area contributed by atoms with Gasteiger partial charge >= 0.3 is 0 Å². The van der Waals surface area contributed by atoms with Crippen LogP contribution in [0.25, 0.3) is 0 Å². The summed E-state index contributed by atoms with van der Waals surface area (Å²) in [6, 6.07) is 0. The Kier molecular flexibility index (Phi) is 4.33. The normalized spacial score (nSPS) is 25.1. The van der Waals surface area contributed by atoms with Gasteiger partial charge in [0.1, 0.15) is 0 Å². The molecule has 1 fully saturated rings. The fourth-order valence-electron chi connectivity index (χ4n) is 1.96. The molecule has 17 heavy (non-hydrogen) atoms. The van der Waals surface area contributed by atoms with E-state index in [1.54, 1.807) is 0 Å². The Morgan fingerprint density at radius 3 is 2.41 bits per heavy atom. The molecule has 0 radical (unpaired) electrons. The first-order chi connectivity index (χ1) is 7.59. The predicted molar refractivity (Wildman–Crippen MR) is 71.6 cm³/mol. The third kappa shape index (κ3) is 5.15. The minimum Gasteiger partial charge on any atom is -0.348 e. The number of Topliss-reactive ketones (excluding diaryl/α,β-unsaturated/α-hetero) is 1. The lowest BCUT2D eigenvalue weighted by molar-refractivity contribution is -0.141. The third-order valence-electron chi connectivity index (χ3n) is 2.57. The summed E-state index contributed by atoms with van der Waals surface area (Å²) >= 11 is 0. The first-order valence-corrected chi connectivity index (χ1v) is 9.71. The van der Waals surface area contributed by atoms with E-state index in [0.717, 1.165) is 5.57 Å². The molecule has 0 spiro atoms. The highest BCUT2D eigenvalue weighted by Crippen LogP contribution is 2.25. The Balaban J connectivity index is 2.54. The zero-order valence-electron chi connectivity index (χ0n) is 11.8. The van der Waals surface area contributed by atoms with E-state index in [0.29, 0.717) is 13.0 Å². The number of allylic oxidation sites excluding steroid dienone is 1. The summed E-state index contributed by atoms with van der Waals surface area (Å²) in [7, 11) is -1.32. The highest BCUT2D eigenvalue weighted by atomic mass is 28.3. The molecular weight excluding hydrogens is 232 g/mol. The molecule has 0 aliphatic carbocycles. The number of hydrogen-bond donors (Lipinski definition) is 0. The van der Waals surface area contributed by atoms with Gasteiger partial charge in [-0.1, -0.05) is 25.3 Å². The van der Waals surface area contributed by atoms with Gasteiger partial charge in [0.05, 0.1) is 20.8 Å². The molecule has 1 rings (SSSR count). The Hall–Kier alpha value is -0.453. The number of hydrogen-bond acceptors (Lipinski definition) is 3. The quantitative estimate of drug-likeness (QED) is 0.573. The SMILES string of the molecule is C/C(=C\[Si](C)(C)C)C(=O)C[C@@H]1COC(C)(C)O1. The fourth-order valence-corrected chi connectivity index (χ4v) is 3.42. The molecule has 4 heteroatoms. The van der Waals surface area contributed by atoms with Crippen LogP contribution in [0.15, 0.2) is 11.3 Å². The van der Waals surface area contributed by atoms with Crippen molar-refractivity contribution in [3.05, 3.63) is 11.3 Å². The Morgan fingerprint density at radius 1 is 1.41 bits per heavy atom. The van der Waals surface area contributed by atoms with Crippen LogP contribution in [0.5, 0.6) is 0 Å². The van der Waals surface area contributed by atoms with Crippen LogP contribution < -0.4 is 0 Å². The maximum absolute atomic E-state index is 12.0. The highest BCUT2D eigenvalue weighted by molar-refractivity contribution is 6.81. The van der Waals surface area contributed by atoms with Crippen LogP contribution in [0.4, 0.5) is 0 Å². The van der Waals surface area contributed by atoms with Crippen LogP contribution in [0.2, 0.25) is 19.6 Å². The van der Waals surface area contributed by atoms with Crippen molar-refractivity contribution < 1.29 is 14.3 Å². The van der Waals surface area contributed by atoms with Gasteiger partial charge in [-0.3, -0.25) is 4.79 Å². The molecule has 0 unspecified atom stereocenters. The maximum Gasteiger partial charge on any atom is 0.163 e. The van der Waals surface area contributed by atoms with Crippen LogP contribution in [-0.2, 0) is 14.3 Å². The second kappa shape index (κ2) is 5.04. The van der Waals surface area contributed by atoms with E-state index < -0.39 is 13.9 Å². The van der Waals surface area contributed by atoms with Crippen molar-refractivity contribution in [2.24, 2.45) is 0 Å². The predicted octanol–water partition coefficient (Wildman–Crippen LogP) is 2.92. The van der Waals surface area contributed by atoms with E-state index in [9.17, 15) is 4.79 Å². The van der Waals surface area contributed by atoms with Gasteiger partial charge in [0.2, 0.25) is 0 Å². The number of carbonyl (C=O) groups excluding carboxylic acids is 1. The molecule has 0 aromatic rings. The molecule has 0 saturated carbocycles. The lowest BCUT2D eigenvalue weighted by atomic mass is 10.1. The van der Waals surface area contributed by atoms with Crippen LogP contribution in [-0.4, -0.2) is 32.4 Å². The average molecular weight is 256 g/mol. The van der Waals surface area contributed by atoms with Gasteiger partial charge < -0.3 is 9.47 Å². The van der Waals surface area contributed by atoms with Crippen LogP contribution >= 0.6 is 0 Å². The Bertz CT molecular complexity index is 326. The molecule has 0 N–H and O–H groups in total. The zero-order valence-corrected chi connectivity index (χ0v) is 12.8. The summed E-state index contributed by atoms with van der Waals surface area (Å²) in [6.07, 6.45) is 0.332. The summed E-state index contributed by atoms with van der Waals surface area (Å²) in [6.45, 7) is 12.8. The van der Waals surface area contributed by atoms with E-state index >= 15 is 0 Å². The molecule has 0 aromatic carbocycles. The van der Waals surface area contributed by atoms with Crippen LogP contribution in [0.3, 0.4) is 0 Å². The molecule has 1 aliphatic rings. The van der Waals surface area contributed by atoms with Crippen LogP contribution in [0.1, 0.15) is 27.2 Å². The highest BCUT2D eigenvalue weighted by Gasteiger charge is 2.33. The second-order valence-electron chi connectivity index (χ2n) is 6.27. The molecular formula is C13H24O3Si. The molecule has 0 amide bonds. The van der Waals surface area contributed by atoms with Gasteiger partial charge in [0.25, 0.3) is 0 Å². The number of ether oxygens (including phenoxy) is 2. The van der Waals surface area contributed by atoms with Crippen molar-refractivity contribution in [1.82, 2.24) is 0 Å². The van der Waals surface area contributed by atoms with Gasteiger partial charge in [-0.05, 0) is 26.3 Å². The molecule has 1 aliphatic heterocycles. The van der Waals surface area contributed by atoms with E-state index in [4.69, 9.17) is 9.47 Å². The monoisotopic (exact) mass is 256 g/mol. The van der Waals surface area contributed by atoms with Gasteiger partial charge in [-0.2, -0.15) is 0 Å². The number of ketones is 1. The van der Waals surface area contributed by atoms with Crippen molar-refractivity contribution in [2.75, 3.05) is 6.61 Å². The molecule has 1 atom stereocenters. The van der Waals surface area contributed by atoms with Crippen molar-refractivity contribution >= 4 is 13.9 Å². The van der Waals surface area contributed by atoms with E-state index in [1.807, 2.05) is 20.8 Å².